The maximum absolute atomic E-state index is 8.53. The number of oxime groups is 1. The lowest BCUT2D eigenvalue weighted by atomic mass is 10.2. The third-order valence-electron chi connectivity index (χ3n) is 2.20. The molecular weight excluding hydrogens is 194 g/mol. The molecule has 0 aliphatic heterocycles. The van der Waals surface area contributed by atoms with Crippen LogP contribution in [0.1, 0.15) is 13.3 Å². The van der Waals surface area contributed by atoms with Crippen LogP contribution in [0, 0.1) is 0 Å². The molecule has 0 saturated carbocycles. The first-order chi connectivity index (χ1) is 7.27. The maximum atomic E-state index is 8.53. The van der Waals surface area contributed by atoms with Gasteiger partial charge in [0.25, 0.3) is 0 Å². The molecule has 0 radical (unpaired) electrons. The molecule has 84 valence electrons. The Labute approximate surface area is 88.8 Å². The van der Waals surface area contributed by atoms with Crippen molar-refractivity contribution in [1.29, 1.82) is 0 Å². The molecule has 1 heterocycles. The normalized spacial score (nSPS) is 14.1. The third kappa shape index (κ3) is 3.59. The van der Waals surface area contributed by atoms with E-state index in [9.17, 15) is 0 Å². The minimum atomic E-state index is -0.0708. The SMILES string of the molecule is CCC(NCCn1ccnc1)C(N)=NO. The van der Waals surface area contributed by atoms with Crippen LogP contribution in [0.25, 0.3) is 0 Å². The Kier molecular flexibility index (Phi) is 4.62. The van der Waals surface area contributed by atoms with Gasteiger partial charge in [0.15, 0.2) is 5.84 Å². The topological polar surface area (TPSA) is 88.5 Å². The van der Waals surface area contributed by atoms with Gasteiger partial charge in [-0.15, -0.1) is 0 Å². The largest absolute Gasteiger partial charge is 0.409 e. The van der Waals surface area contributed by atoms with Crippen LogP contribution in [0.15, 0.2) is 23.9 Å². The quantitative estimate of drug-likeness (QED) is 0.267. The zero-order chi connectivity index (χ0) is 11.1. The van der Waals surface area contributed by atoms with Crippen molar-refractivity contribution in [1.82, 2.24) is 14.9 Å². The molecule has 0 spiro atoms. The highest BCUT2D eigenvalue weighted by Gasteiger charge is 2.09. The molecule has 0 aliphatic carbocycles. The van der Waals surface area contributed by atoms with Crippen molar-refractivity contribution in [2.24, 2.45) is 10.9 Å². The van der Waals surface area contributed by atoms with E-state index in [-0.39, 0.29) is 11.9 Å². The van der Waals surface area contributed by atoms with Crippen LogP contribution < -0.4 is 11.1 Å². The van der Waals surface area contributed by atoms with E-state index >= 15 is 0 Å². The van der Waals surface area contributed by atoms with Crippen molar-refractivity contribution in [3.8, 4) is 0 Å². The Balaban J connectivity index is 2.29. The predicted molar refractivity (Wildman–Crippen MR) is 57.7 cm³/mol. The molecule has 1 unspecified atom stereocenters. The van der Waals surface area contributed by atoms with Gasteiger partial charge in [0.2, 0.25) is 0 Å². The van der Waals surface area contributed by atoms with Crippen LogP contribution in [0.4, 0.5) is 0 Å². The van der Waals surface area contributed by atoms with Crippen molar-refractivity contribution in [2.45, 2.75) is 25.9 Å². The summed E-state index contributed by atoms with van der Waals surface area (Å²) in [4.78, 5) is 3.94. The summed E-state index contributed by atoms with van der Waals surface area (Å²) >= 11 is 0. The van der Waals surface area contributed by atoms with Gasteiger partial charge in [-0.1, -0.05) is 12.1 Å². The summed E-state index contributed by atoms with van der Waals surface area (Å²) < 4.78 is 1.96. The maximum Gasteiger partial charge on any atom is 0.156 e. The van der Waals surface area contributed by atoms with Gasteiger partial charge in [0.05, 0.1) is 12.4 Å². The molecule has 0 fully saturated rings. The summed E-state index contributed by atoms with van der Waals surface area (Å²) in [5, 5.41) is 14.7. The third-order valence-corrected chi connectivity index (χ3v) is 2.20. The van der Waals surface area contributed by atoms with E-state index in [0.717, 1.165) is 19.5 Å². The first-order valence-electron chi connectivity index (χ1n) is 4.94. The van der Waals surface area contributed by atoms with Crippen molar-refractivity contribution in [3.05, 3.63) is 18.7 Å². The number of nitrogens with two attached hydrogens (primary N) is 1. The molecule has 0 aromatic carbocycles. The van der Waals surface area contributed by atoms with Gasteiger partial charge in [-0.05, 0) is 6.42 Å². The standard InChI is InChI=1S/C9H17N5O/c1-2-8(9(10)13-15)12-4-6-14-5-3-11-7-14/h3,5,7-8,12,15H,2,4,6H2,1H3,(H2,10,13). The molecule has 6 heteroatoms. The summed E-state index contributed by atoms with van der Waals surface area (Å²) in [6, 6.07) is -0.0708. The van der Waals surface area contributed by atoms with Gasteiger partial charge in [-0.2, -0.15) is 0 Å². The molecule has 0 aliphatic rings. The van der Waals surface area contributed by atoms with Gasteiger partial charge in [-0.3, -0.25) is 0 Å². The summed E-state index contributed by atoms with van der Waals surface area (Å²) in [5.74, 6) is 0.225. The van der Waals surface area contributed by atoms with Crippen LogP contribution in [0.3, 0.4) is 0 Å². The summed E-state index contributed by atoms with van der Waals surface area (Å²) in [6.07, 6.45) is 6.18. The fourth-order valence-corrected chi connectivity index (χ4v) is 1.31. The van der Waals surface area contributed by atoms with Gasteiger partial charge in [0.1, 0.15) is 0 Å². The first kappa shape index (κ1) is 11.5. The summed E-state index contributed by atoms with van der Waals surface area (Å²) in [6.45, 7) is 3.55. The Bertz CT molecular complexity index is 295. The van der Waals surface area contributed by atoms with E-state index in [1.165, 1.54) is 0 Å². The second kappa shape index (κ2) is 6.02. The van der Waals surface area contributed by atoms with Gasteiger partial charge < -0.3 is 20.8 Å². The number of hydrogen-bond donors (Lipinski definition) is 3. The highest BCUT2D eigenvalue weighted by Crippen LogP contribution is 1.91. The lowest BCUT2D eigenvalue weighted by Crippen LogP contribution is -2.42. The van der Waals surface area contributed by atoms with Crippen molar-refractivity contribution < 1.29 is 5.21 Å². The van der Waals surface area contributed by atoms with E-state index < -0.39 is 0 Å². The lowest BCUT2D eigenvalue weighted by Gasteiger charge is -2.15. The average molecular weight is 211 g/mol. The molecule has 15 heavy (non-hydrogen) atoms. The van der Waals surface area contributed by atoms with Crippen LogP contribution >= 0.6 is 0 Å². The molecule has 1 atom stereocenters. The zero-order valence-electron chi connectivity index (χ0n) is 8.80. The van der Waals surface area contributed by atoms with Gasteiger partial charge in [-0.25, -0.2) is 4.98 Å². The van der Waals surface area contributed by atoms with Crippen LogP contribution in [0.5, 0.6) is 0 Å². The van der Waals surface area contributed by atoms with E-state index in [2.05, 4.69) is 15.5 Å². The Morgan fingerprint density at radius 2 is 2.53 bits per heavy atom. The molecular formula is C9H17N5O. The molecule has 0 bridgehead atoms. The van der Waals surface area contributed by atoms with Crippen LogP contribution in [-0.4, -0.2) is 33.2 Å². The molecule has 1 aromatic heterocycles. The van der Waals surface area contributed by atoms with E-state index in [0.29, 0.717) is 0 Å². The molecule has 6 nitrogen and oxygen atoms in total. The van der Waals surface area contributed by atoms with Crippen molar-refractivity contribution in [3.63, 3.8) is 0 Å². The van der Waals surface area contributed by atoms with Crippen LogP contribution in [0.2, 0.25) is 0 Å². The second-order valence-electron chi connectivity index (χ2n) is 3.24. The van der Waals surface area contributed by atoms with E-state index in [1.807, 2.05) is 17.7 Å². The average Bonchev–Trinajstić information content (AvgIpc) is 2.76. The molecule has 1 aromatic rings. The second-order valence-corrected chi connectivity index (χ2v) is 3.24. The predicted octanol–water partition coefficient (Wildman–Crippen LogP) is -0.00230. The Morgan fingerprint density at radius 3 is 3.07 bits per heavy atom. The highest BCUT2D eigenvalue weighted by molar-refractivity contribution is 5.85. The van der Waals surface area contributed by atoms with Crippen LogP contribution in [-0.2, 0) is 6.54 Å². The van der Waals surface area contributed by atoms with Crippen molar-refractivity contribution >= 4 is 5.84 Å². The number of aromatic nitrogens is 2. The highest BCUT2D eigenvalue weighted by atomic mass is 16.4. The lowest BCUT2D eigenvalue weighted by molar-refractivity contribution is 0.314. The minimum absolute atomic E-state index is 0.0708. The molecule has 4 N–H and O–H groups in total. The number of rotatable bonds is 6. The van der Waals surface area contributed by atoms with Crippen molar-refractivity contribution in [2.75, 3.05) is 6.54 Å². The van der Waals surface area contributed by atoms with E-state index in [1.54, 1.807) is 12.5 Å². The Hall–Kier alpha value is -1.56. The number of nitrogens with zero attached hydrogens (tertiary/aromatic N) is 3. The molecule has 1 rings (SSSR count). The fourth-order valence-electron chi connectivity index (χ4n) is 1.31. The Morgan fingerprint density at radius 1 is 1.73 bits per heavy atom. The molecule has 0 saturated heterocycles. The number of imidazole rings is 1. The number of amidine groups is 1. The van der Waals surface area contributed by atoms with Gasteiger partial charge in [0, 0.05) is 25.5 Å². The molecule has 0 amide bonds. The summed E-state index contributed by atoms with van der Waals surface area (Å²) in [7, 11) is 0. The zero-order valence-corrected chi connectivity index (χ0v) is 8.80. The number of nitrogens with one attached hydrogen (secondary N) is 1. The monoisotopic (exact) mass is 211 g/mol. The minimum Gasteiger partial charge on any atom is -0.409 e. The fraction of sp³-hybridized carbons (Fsp3) is 0.556. The van der Waals surface area contributed by atoms with E-state index in [4.69, 9.17) is 10.9 Å². The smallest absolute Gasteiger partial charge is 0.156 e. The summed E-state index contributed by atoms with van der Waals surface area (Å²) in [5.41, 5.74) is 5.51. The first-order valence-corrected chi connectivity index (χ1v) is 4.94. The number of hydrogen-bond acceptors (Lipinski definition) is 4. The van der Waals surface area contributed by atoms with Gasteiger partial charge >= 0.3 is 0 Å².